The molecule has 1 aliphatic heterocycles. The maximum atomic E-state index is 12.0. The summed E-state index contributed by atoms with van der Waals surface area (Å²) < 4.78 is 5.54. The Hall–Kier alpha value is -0.790. The van der Waals surface area contributed by atoms with Crippen molar-refractivity contribution in [3.8, 4) is 0 Å². The normalized spacial score (nSPS) is 24.8. The first-order chi connectivity index (χ1) is 18.8. The van der Waals surface area contributed by atoms with Gasteiger partial charge in [0.25, 0.3) is 0 Å². The van der Waals surface area contributed by atoms with E-state index in [1.165, 1.54) is 180 Å². The summed E-state index contributed by atoms with van der Waals surface area (Å²) in [5.41, 5.74) is 0. The van der Waals surface area contributed by atoms with Crippen LogP contribution < -0.4 is 0 Å². The van der Waals surface area contributed by atoms with Gasteiger partial charge < -0.3 is 4.74 Å². The Morgan fingerprint density at radius 3 is 1.18 bits per heavy atom. The summed E-state index contributed by atoms with van der Waals surface area (Å²) in [5.74, 6) is 0.511. The summed E-state index contributed by atoms with van der Waals surface area (Å²) in [6.45, 7) is 2.84. The van der Waals surface area contributed by atoms with Crippen molar-refractivity contribution < 1.29 is 9.53 Å². The monoisotopic (exact) mass is 533 g/mol. The summed E-state index contributed by atoms with van der Waals surface area (Å²) in [7, 11) is 0. The molecule has 2 nitrogen and oxygen atoms in total. The second-order valence-electron chi connectivity index (χ2n) is 12.6. The topological polar surface area (TPSA) is 26.3 Å². The van der Waals surface area contributed by atoms with Crippen LogP contribution in [-0.2, 0) is 9.53 Å². The molecule has 224 valence electrons. The third-order valence-electron chi connectivity index (χ3n) is 8.51. The van der Waals surface area contributed by atoms with Crippen molar-refractivity contribution in [3.05, 3.63) is 12.2 Å². The van der Waals surface area contributed by atoms with Crippen molar-refractivity contribution in [2.45, 2.75) is 200 Å². The van der Waals surface area contributed by atoms with Crippen molar-refractivity contribution >= 4 is 5.97 Å². The fraction of sp³-hybridized carbons (Fsp3) is 0.917. The lowest BCUT2D eigenvalue weighted by atomic mass is 10.0. The van der Waals surface area contributed by atoms with Crippen molar-refractivity contribution in [1.29, 1.82) is 0 Å². The Balaban J connectivity index is 2.14. The predicted molar refractivity (Wildman–Crippen MR) is 168 cm³/mol. The molecule has 1 heterocycles. The Morgan fingerprint density at radius 1 is 0.474 bits per heavy atom. The molecule has 0 spiro atoms. The number of ether oxygens (including phenoxy) is 1. The molecule has 1 rings (SSSR count). The number of hydrogen-bond donors (Lipinski definition) is 0. The van der Waals surface area contributed by atoms with Gasteiger partial charge in [-0.3, -0.25) is 4.79 Å². The number of cyclic esters (lactones) is 1. The van der Waals surface area contributed by atoms with E-state index in [1.54, 1.807) is 0 Å². The lowest BCUT2D eigenvalue weighted by Crippen LogP contribution is -2.11. The molecule has 1 aliphatic rings. The second-order valence-corrected chi connectivity index (χ2v) is 12.6. The molecule has 0 N–H and O–H groups in total. The molecule has 0 aromatic carbocycles. The maximum absolute atomic E-state index is 12.0. The molecule has 1 unspecified atom stereocenters. The van der Waals surface area contributed by atoms with Gasteiger partial charge in [0.05, 0.1) is 6.61 Å². The Labute approximate surface area is 239 Å². The smallest absolute Gasteiger partial charge is 0.305 e. The predicted octanol–water partition coefficient (Wildman–Crippen LogP) is 12.4. The first kappa shape index (κ1) is 35.2. The zero-order valence-corrected chi connectivity index (χ0v) is 26.0. The average Bonchev–Trinajstić information content (AvgIpc) is 2.92. The number of esters is 1. The van der Waals surface area contributed by atoms with E-state index >= 15 is 0 Å². The number of hydrogen-bond acceptors (Lipinski definition) is 2. The van der Waals surface area contributed by atoms with Crippen LogP contribution in [0.15, 0.2) is 12.2 Å². The zero-order valence-electron chi connectivity index (χ0n) is 26.0. The zero-order chi connectivity index (χ0) is 27.2. The summed E-state index contributed by atoms with van der Waals surface area (Å²) in [6.07, 6.45) is 45.1. The molecule has 0 amide bonds. The van der Waals surface area contributed by atoms with E-state index in [9.17, 15) is 4.79 Å². The molecule has 0 aliphatic carbocycles. The molecule has 0 saturated heterocycles. The minimum Gasteiger partial charge on any atom is -0.465 e. The summed E-state index contributed by atoms with van der Waals surface area (Å²) in [5, 5.41) is 0. The third-order valence-corrected chi connectivity index (χ3v) is 8.51. The van der Waals surface area contributed by atoms with Crippen molar-refractivity contribution in [3.63, 3.8) is 0 Å². The molecule has 1 atom stereocenters. The minimum absolute atomic E-state index is 0.0187. The summed E-state index contributed by atoms with van der Waals surface area (Å²) in [4.78, 5) is 12.0. The van der Waals surface area contributed by atoms with Crippen LogP contribution in [0.5, 0.6) is 0 Å². The number of allylic oxidation sites excluding steroid dienone is 2. The SMILES string of the molecule is CC1CCCCCC=CCCCCCCCCCCCCCCCCCCCCCCCCCC(=O)OC1. The second kappa shape index (κ2) is 29.2. The van der Waals surface area contributed by atoms with Crippen molar-refractivity contribution in [2.75, 3.05) is 6.61 Å². The van der Waals surface area contributed by atoms with Gasteiger partial charge in [-0.2, -0.15) is 0 Å². The van der Waals surface area contributed by atoms with E-state index in [4.69, 9.17) is 4.74 Å². The molecular formula is C36H68O2. The van der Waals surface area contributed by atoms with Crippen LogP contribution >= 0.6 is 0 Å². The van der Waals surface area contributed by atoms with Gasteiger partial charge in [-0.25, -0.2) is 0 Å². The minimum atomic E-state index is 0.0187. The summed E-state index contributed by atoms with van der Waals surface area (Å²) in [6, 6.07) is 0. The average molecular weight is 533 g/mol. The fourth-order valence-electron chi connectivity index (χ4n) is 5.80. The molecule has 0 saturated carbocycles. The van der Waals surface area contributed by atoms with E-state index in [2.05, 4.69) is 19.1 Å². The summed E-state index contributed by atoms with van der Waals surface area (Å²) >= 11 is 0. The van der Waals surface area contributed by atoms with E-state index in [-0.39, 0.29) is 5.97 Å². The van der Waals surface area contributed by atoms with Crippen LogP contribution in [0.3, 0.4) is 0 Å². The number of carbonyl (C=O) groups is 1. The van der Waals surface area contributed by atoms with Crippen molar-refractivity contribution in [2.24, 2.45) is 5.92 Å². The lowest BCUT2D eigenvalue weighted by Gasteiger charge is -2.12. The molecule has 0 fully saturated rings. The van der Waals surface area contributed by atoms with Crippen LogP contribution in [0.4, 0.5) is 0 Å². The van der Waals surface area contributed by atoms with E-state index in [0.29, 0.717) is 18.9 Å². The molecule has 0 aromatic rings. The molecule has 0 bridgehead atoms. The van der Waals surface area contributed by atoms with E-state index in [0.717, 1.165) is 6.42 Å². The van der Waals surface area contributed by atoms with Gasteiger partial charge in [0.15, 0.2) is 0 Å². The first-order valence-electron chi connectivity index (χ1n) is 17.6. The highest BCUT2D eigenvalue weighted by molar-refractivity contribution is 5.69. The Bertz CT molecular complexity index is 511. The molecule has 2 heteroatoms. The van der Waals surface area contributed by atoms with Gasteiger partial charge in [0, 0.05) is 6.42 Å². The molecule has 0 radical (unpaired) electrons. The first-order valence-corrected chi connectivity index (χ1v) is 17.6. The van der Waals surface area contributed by atoms with Crippen LogP contribution in [0, 0.1) is 5.92 Å². The highest BCUT2D eigenvalue weighted by Crippen LogP contribution is 2.17. The van der Waals surface area contributed by atoms with Gasteiger partial charge in [-0.15, -0.1) is 0 Å². The van der Waals surface area contributed by atoms with Crippen LogP contribution in [0.1, 0.15) is 200 Å². The van der Waals surface area contributed by atoms with Crippen LogP contribution in [0.25, 0.3) is 0 Å². The maximum Gasteiger partial charge on any atom is 0.305 e. The lowest BCUT2D eigenvalue weighted by molar-refractivity contribution is -0.145. The van der Waals surface area contributed by atoms with Crippen molar-refractivity contribution in [1.82, 2.24) is 0 Å². The van der Waals surface area contributed by atoms with E-state index in [1.807, 2.05) is 0 Å². The number of rotatable bonds is 0. The van der Waals surface area contributed by atoms with Crippen LogP contribution in [-0.4, -0.2) is 12.6 Å². The van der Waals surface area contributed by atoms with Gasteiger partial charge in [-0.05, 0) is 44.4 Å². The fourth-order valence-corrected chi connectivity index (χ4v) is 5.80. The highest BCUT2D eigenvalue weighted by Gasteiger charge is 2.07. The number of carbonyl (C=O) groups excluding carboxylic acids is 1. The third kappa shape index (κ3) is 26.8. The van der Waals surface area contributed by atoms with Gasteiger partial charge in [0.2, 0.25) is 0 Å². The van der Waals surface area contributed by atoms with E-state index < -0.39 is 0 Å². The molecular weight excluding hydrogens is 464 g/mol. The van der Waals surface area contributed by atoms with Crippen LogP contribution in [0.2, 0.25) is 0 Å². The highest BCUT2D eigenvalue weighted by atomic mass is 16.5. The Kier molecular flexibility index (Phi) is 27.1. The van der Waals surface area contributed by atoms with Gasteiger partial charge >= 0.3 is 5.97 Å². The molecule has 0 aromatic heterocycles. The largest absolute Gasteiger partial charge is 0.465 e. The quantitative estimate of drug-likeness (QED) is 0.229. The molecule has 38 heavy (non-hydrogen) atoms. The van der Waals surface area contributed by atoms with Gasteiger partial charge in [-0.1, -0.05) is 167 Å². The standard InChI is InChI=1S/C36H68O2/c1-35-32-30-28-26-24-22-20-18-16-14-12-10-8-6-4-2-3-5-7-9-11-13-15-17-19-21-23-25-27-29-31-33-36(37)38-34-35/h20,22,35H,2-19,21,23-34H2,1H3. The Morgan fingerprint density at radius 2 is 0.789 bits per heavy atom. The van der Waals surface area contributed by atoms with Gasteiger partial charge in [0.1, 0.15) is 0 Å².